The van der Waals surface area contributed by atoms with Gasteiger partial charge in [-0.05, 0) is 48.6 Å². The first-order valence-electron chi connectivity index (χ1n) is 11.3. The normalized spacial score (nSPS) is 19.7. The van der Waals surface area contributed by atoms with Crippen LogP contribution in [0.1, 0.15) is 49.9 Å². The minimum absolute atomic E-state index is 0.0409. The van der Waals surface area contributed by atoms with Crippen LogP contribution >= 0.6 is 0 Å². The SMILES string of the molecule is C/C=C(/C1N(C)c2ncccc2C1(C)C)C(C)(Cc1ccccc1)c1ccccc1C. The molecule has 0 saturated heterocycles. The van der Waals surface area contributed by atoms with Crippen molar-refractivity contribution < 1.29 is 0 Å². The Balaban J connectivity index is 1.89. The largest absolute Gasteiger partial charge is 0.352 e. The molecular weight excluding hydrogens is 376 g/mol. The Labute approximate surface area is 187 Å². The van der Waals surface area contributed by atoms with Crippen LogP contribution < -0.4 is 4.90 Å². The standard InChI is InChI=1S/C29H34N2/c1-7-23(26-28(3,4)25-18-13-19-30-27(25)31(26)6)29(5,20-22-15-9-8-10-16-22)24-17-12-11-14-21(24)2/h7-19,26H,20H2,1-6H3/b23-7-. The van der Waals surface area contributed by atoms with E-state index in [0.29, 0.717) is 0 Å². The van der Waals surface area contributed by atoms with Gasteiger partial charge in [0.15, 0.2) is 0 Å². The van der Waals surface area contributed by atoms with Gasteiger partial charge in [-0.3, -0.25) is 0 Å². The second-order valence-electron chi connectivity index (χ2n) is 9.66. The molecule has 0 radical (unpaired) electrons. The number of likely N-dealkylation sites (N-methyl/N-ethyl adjacent to an activating group) is 1. The topological polar surface area (TPSA) is 16.1 Å². The van der Waals surface area contributed by atoms with E-state index >= 15 is 0 Å². The Bertz CT molecular complexity index is 1100. The summed E-state index contributed by atoms with van der Waals surface area (Å²) >= 11 is 0. The summed E-state index contributed by atoms with van der Waals surface area (Å²) in [6.45, 7) is 11.6. The summed E-state index contributed by atoms with van der Waals surface area (Å²) in [5, 5.41) is 0. The van der Waals surface area contributed by atoms with Crippen molar-refractivity contribution in [1.29, 1.82) is 0 Å². The average Bonchev–Trinajstić information content (AvgIpc) is 2.96. The molecule has 2 heterocycles. The number of aromatic nitrogens is 1. The molecule has 1 aromatic heterocycles. The molecule has 2 unspecified atom stereocenters. The molecule has 31 heavy (non-hydrogen) atoms. The van der Waals surface area contributed by atoms with Gasteiger partial charge in [0.2, 0.25) is 0 Å². The lowest BCUT2D eigenvalue weighted by molar-refractivity contribution is 0.407. The molecule has 2 aromatic carbocycles. The molecule has 0 spiro atoms. The molecular formula is C29H34N2. The third kappa shape index (κ3) is 3.48. The van der Waals surface area contributed by atoms with Crippen LogP contribution in [0.25, 0.3) is 0 Å². The number of hydrogen-bond donors (Lipinski definition) is 0. The zero-order valence-electron chi connectivity index (χ0n) is 19.7. The first-order valence-corrected chi connectivity index (χ1v) is 11.3. The van der Waals surface area contributed by atoms with Gasteiger partial charge in [-0.1, -0.05) is 87.5 Å². The van der Waals surface area contributed by atoms with Crippen molar-refractivity contribution in [2.75, 3.05) is 11.9 Å². The summed E-state index contributed by atoms with van der Waals surface area (Å²) in [6, 6.07) is 24.3. The average molecular weight is 411 g/mol. The molecule has 3 aromatic rings. The number of anilines is 1. The van der Waals surface area contributed by atoms with Gasteiger partial charge in [-0.2, -0.15) is 0 Å². The summed E-state index contributed by atoms with van der Waals surface area (Å²) in [4.78, 5) is 7.15. The third-order valence-electron chi connectivity index (χ3n) is 7.27. The monoisotopic (exact) mass is 410 g/mol. The fraction of sp³-hybridized carbons (Fsp3) is 0.345. The Hall–Kier alpha value is -2.87. The number of hydrogen-bond acceptors (Lipinski definition) is 2. The minimum Gasteiger partial charge on any atom is -0.352 e. The fourth-order valence-electron chi connectivity index (χ4n) is 5.86. The molecule has 0 fully saturated rings. The van der Waals surface area contributed by atoms with Gasteiger partial charge in [-0.25, -0.2) is 4.98 Å². The van der Waals surface area contributed by atoms with Gasteiger partial charge in [0.05, 0.1) is 6.04 Å². The number of allylic oxidation sites excluding steroid dienone is 1. The number of pyridine rings is 1. The molecule has 2 nitrogen and oxygen atoms in total. The zero-order chi connectivity index (χ0) is 22.2. The van der Waals surface area contributed by atoms with Crippen LogP contribution in [0.2, 0.25) is 0 Å². The van der Waals surface area contributed by atoms with Crippen molar-refractivity contribution in [3.05, 3.63) is 107 Å². The van der Waals surface area contributed by atoms with E-state index in [9.17, 15) is 0 Å². The highest BCUT2D eigenvalue weighted by Crippen LogP contribution is 2.51. The Morgan fingerprint density at radius 3 is 2.35 bits per heavy atom. The lowest BCUT2D eigenvalue weighted by Crippen LogP contribution is -2.47. The maximum Gasteiger partial charge on any atom is 0.132 e. The van der Waals surface area contributed by atoms with Crippen molar-refractivity contribution >= 4 is 5.82 Å². The van der Waals surface area contributed by atoms with Crippen LogP contribution in [-0.4, -0.2) is 18.1 Å². The Kier molecular flexibility index (Phi) is 5.51. The summed E-state index contributed by atoms with van der Waals surface area (Å²) < 4.78 is 0. The highest BCUT2D eigenvalue weighted by atomic mass is 15.2. The molecule has 0 saturated carbocycles. The number of aryl methyl sites for hydroxylation is 1. The van der Waals surface area contributed by atoms with Crippen LogP contribution in [0.15, 0.2) is 84.6 Å². The van der Waals surface area contributed by atoms with Gasteiger partial charge in [0, 0.05) is 29.6 Å². The second kappa shape index (κ2) is 8.00. The summed E-state index contributed by atoms with van der Waals surface area (Å²) in [5.74, 6) is 1.10. The van der Waals surface area contributed by atoms with Gasteiger partial charge >= 0.3 is 0 Å². The van der Waals surface area contributed by atoms with Crippen LogP contribution in [0, 0.1) is 6.92 Å². The smallest absolute Gasteiger partial charge is 0.132 e. The van der Waals surface area contributed by atoms with Crippen LogP contribution in [0.3, 0.4) is 0 Å². The van der Waals surface area contributed by atoms with Crippen molar-refractivity contribution in [2.45, 2.75) is 57.9 Å². The van der Waals surface area contributed by atoms with Gasteiger partial charge in [0.25, 0.3) is 0 Å². The molecule has 0 aliphatic carbocycles. The molecule has 1 aliphatic rings. The predicted octanol–water partition coefficient (Wildman–Crippen LogP) is 6.63. The molecule has 4 rings (SSSR count). The van der Waals surface area contributed by atoms with Crippen LogP contribution in [-0.2, 0) is 17.3 Å². The van der Waals surface area contributed by atoms with E-state index in [1.807, 2.05) is 6.20 Å². The molecule has 0 bridgehead atoms. The number of rotatable bonds is 5. The predicted molar refractivity (Wildman–Crippen MR) is 132 cm³/mol. The van der Waals surface area contributed by atoms with E-state index in [-0.39, 0.29) is 16.9 Å². The first kappa shape index (κ1) is 21.4. The number of nitrogens with zero attached hydrogens (tertiary/aromatic N) is 2. The molecule has 160 valence electrons. The molecule has 0 amide bonds. The van der Waals surface area contributed by atoms with Crippen LogP contribution in [0.5, 0.6) is 0 Å². The third-order valence-corrected chi connectivity index (χ3v) is 7.27. The summed E-state index contributed by atoms with van der Waals surface area (Å²) in [5.41, 5.74) is 6.71. The molecule has 2 atom stereocenters. The lowest BCUT2D eigenvalue weighted by Gasteiger charge is -2.44. The van der Waals surface area contributed by atoms with Crippen molar-refractivity contribution in [1.82, 2.24) is 4.98 Å². The Morgan fingerprint density at radius 1 is 1.03 bits per heavy atom. The van der Waals surface area contributed by atoms with Crippen molar-refractivity contribution in [3.63, 3.8) is 0 Å². The van der Waals surface area contributed by atoms with E-state index in [4.69, 9.17) is 4.98 Å². The molecule has 2 heteroatoms. The fourth-order valence-corrected chi connectivity index (χ4v) is 5.86. The highest BCUT2D eigenvalue weighted by molar-refractivity contribution is 5.63. The highest BCUT2D eigenvalue weighted by Gasteiger charge is 2.50. The van der Waals surface area contributed by atoms with Gasteiger partial charge < -0.3 is 4.90 Å². The molecule has 0 N–H and O–H groups in total. The summed E-state index contributed by atoms with van der Waals surface area (Å²) in [6.07, 6.45) is 5.24. The Morgan fingerprint density at radius 2 is 1.71 bits per heavy atom. The van der Waals surface area contributed by atoms with E-state index in [0.717, 1.165) is 12.2 Å². The van der Waals surface area contributed by atoms with Gasteiger partial charge in [0.1, 0.15) is 5.82 Å². The van der Waals surface area contributed by atoms with Crippen molar-refractivity contribution in [3.8, 4) is 0 Å². The maximum absolute atomic E-state index is 4.76. The van der Waals surface area contributed by atoms with E-state index in [1.165, 1.54) is 27.8 Å². The van der Waals surface area contributed by atoms with E-state index < -0.39 is 0 Å². The second-order valence-corrected chi connectivity index (χ2v) is 9.66. The van der Waals surface area contributed by atoms with Gasteiger partial charge in [-0.15, -0.1) is 0 Å². The zero-order valence-corrected chi connectivity index (χ0v) is 19.7. The maximum atomic E-state index is 4.76. The van der Waals surface area contributed by atoms with Crippen LogP contribution in [0.4, 0.5) is 5.82 Å². The quantitative estimate of drug-likeness (QED) is 0.439. The van der Waals surface area contributed by atoms with Crippen molar-refractivity contribution in [2.24, 2.45) is 0 Å². The minimum atomic E-state index is -0.139. The number of fused-ring (bicyclic) bond motifs is 1. The van der Waals surface area contributed by atoms with E-state index in [2.05, 4.69) is 119 Å². The summed E-state index contributed by atoms with van der Waals surface area (Å²) in [7, 11) is 2.20. The number of benzene rings is 2. The van der Waals surface area contributed by atoms with E-state index in [1.54, 1.807) is 0 Å². The molecule has 1 aliphatic heterocycles. The first-order chi connectivity index (χ1) is 14.8. The lowest BCUT2D eigenvalue weighted by atomic mass is 9.63.